The first-order chi connectivity index (χ1) is 9.58. The van der Waals surface area contributed by atoms with Gasteiger partial charge in [-0.3, -0.25) is 0 Å². The van der Waals surface area contributed by atoms with Gasteiger partial charge in [-0.2, -0.15) is 0 Å². The summed E-state index contributed by atoms with van der Waals surface area (Å²) in [6, 6.07) is 14.4. The van der Waals surface area contributed by atoms with Crippen molar-refractivity contribution in [2.75, 3.05) is 24.3 Å². The molecule has 20 heavy (non-hydrogen) atoms. The molecule has 3 nitrogen and oxygen atoms in total. The van der Waals surface area contributed by atoms with E-state index in [9.17, 15) is 0 Å². The number of hydrogen-bond donors (Lipinski definition) is 1. The molecule has 2 N–H and O–H groups in total. The number of nitrogen functional groups attached to an aromatic ring is 1. The van der Waals surface area contributed by atoms with Crippen LogP contribution in [0.1, 0.15) is 18.1 Å². The Morgan fingerprint density at radius 3 is 2.45 bits per heavy atom. The third kappa shape index (κ3) is 3.67. The topological polar surface area (TPSA) is 38.5 Å². The van der Waals surface area contributed by atoms with Gasteiger partial charge in [0.25, 0.3) is 0 Å². The average molecular weight is 270 g/mol. The maximum Gasteiger partial charge on any atom is 0.123 e. The van der Waals surface area contributed by atoms with Crippen LogP contribution in [0.4, 0.5) is 11.4 Å². The molecule has 0 bridgehead atoms. The van der Waals surface area contributed by atoms with Gasteiger partial charge in [0.2, 0.25) is 0 Å². The summed E-state index contributed by atoms with van der Waals surface area (Å²) < 4.78 is 5.54. The summed E-state index contributed by atoms with van der Waals surface area (Å²) in [4.78, 5) is 2.17. The van der Waals surface area contributed by atoms with Gasteiger partial charge in [0.05, 0.1) is 6.61 Å². The van der Waals surface area contributed by atoms with Gasteiger partial charge >= 0.3 is 0 Å². The minimum absolute atomic E-state index is 0.643. The number of nitrogens with two attached hydrogens (primary N) is 1. The zero-order chi connectivity index (χ0) is 14.5. The number of anilines is 2. The molecule has 0 saturated heterocycles. The lowest BCUT2D eigenvalue weighted by atomic mass is 10.1. The molecule has 0 fully saturated rings. The van der Waals surface area contributed by atoms with Crippen LogP contribution in [0.2, 0.25) is 0 Å². The van der Waals surface area contributed by atoms with Crippen LogP contribution in [0.5, 0.6) is 5.75 Å². The van der Waals surface area contributed by atoms with Crippen LogP contribution in [0.15, 0.2) is 42.5 Å². The number of ether oxygens (including phenoxy) is 1. The maximum atomic E-state index is 5.93. The molecule has 2 rings (SSSR count). The average Bonchev–Trinajstić information content (AvgIpc) is 2.41. The van der Waals surface area contributed by atoms with Crippen LogP contribution in [-0.2, 0) is 6.54 Å². The monoisotopic (exact) mass is 270 g/mol. The van der Waals surface area contributed by atoms with Crippen molar-refractivity contribution in [1.29, 1.82) is 0 Å². The zero-order valence-corrected chi connectivity index (χ0v) is 12.4. The highest BCUT2D eigenvalue weighted by Gasteiger charge is 2.06. The minimum atomic E-state index is 0.643. The van der Waals surface area contributed by atoms with Gasteiger partial charge in [-0.1, -0.05) is 29.8 Å². The predicted octanol–water partition coefficient (Wildman–Crippen LogP) is 3.61. The van der Waals surface area contributed by atoms with E-state index in [4.69, 9.17) is 10.5 Å². The second-order valence-corrected chi connectivity index (χ2v) is 5.03. The van der Waals surface area contributed by atoms with Crippen molar-refractivity contribution >= 4 is 11.4 Å². The molecule has 3 heteroatoms. The molecule has 0 aliphatic rings. The number of benzene rings is 2. The molecule has 2 aromatic carbocycles. The molecule has 0 heterocycles. The molecular formula is C17H22N2O. The third-order valence-corrected chi connectivity index (χ3v) is 3.21. The van der Waals surface area contributed by atoms with E-state index in [0.29, 0.717) is 6.61 Å². The van der Waals surface area contributed by atoms with Crippen LogP contribution >= 0.6 is 0 Å². The van der Waals surface area contributed by atoms with E-state index < -0.39 is 0 Å². The van der Waals surface area contributed by atoms with Gasteiger partial charge in [0, 0.05) is 37.1 Å². The molecule has 0 aromatic heterocycles. The van der Waals surface area contributed by atoms with Crippen molar-refractivity contribution in [3.8, 4) is 5.75 Å². The molecule has 0 saturated carbocycles. The Balaban J connectivity index is 2.15. The minimum Gasteiger partial charge on any atom is -0.494 e. The highest BCUT2D eigenvalue weighted by Crippen LogP contribution is 2.26. The number of aryl methyl sites for hydroxylation is 1. The van der Waals surface area contributed by atoms with Crippen LogP contribution in [0, 0.1) is 6.92 Å². The smallest absolute Gasteiger partial charge is 0.123 e. The fourth-order valence-electron chi connectivity index (χ4n) is 2.13. The van der Waals surface area contributed by atoms with Crippen molar-refractivity contribution < 1.29 is 4.74 Å². The van der Waals surface area contributed by atoms with Crippen molar-refractivity contribution in [3.05, 3.63) is 53.6 Å². The maximum absolute atomic E-state index is 5.93. The molecule has 0 radical (unpaired) electrons. The van der Waals surface area contributed by atoms with Gasteiger partial charge < -0.3 is 15.4 Å². The van der Waals surface area contributed by atoms with E-state index in [0.717, 1.165) is 23.7 Å². The third-order valence-electron chi connectivity index (χ3n) is 3.21. The standard InChI is InChI=1S/C17H22N2O/c1-4-20-17-10-15(18)9-16(11-17)19(3)12-14-7-5-13(2)6-8-14/h5-11H,4,12,18H2,1-3H3. The van der Waals surface area contributed by atoms with Crippen molar-refractivity contribution in [3.63, 3.8) is 0 Å². The van der Waals surface area contributed by atoms with Gasteiger partial charge in [0.1, 0.15) is 5.75 Å². The van der Waals surface area contributed by atoms with Gasteiger partial charge in [-0.25, -0.2) is 0 Å². The summed E-state index contributed by atoms with van der Waals surface area (Å²) in [5.74, 6) is 0.818. The van der Waals surface area contributed by atoms with E-state index >= 15 is 0 Å². The van der Waals surface area contributed by atoms with Crippen molar-refractivity contribution in [1.82, 2.24) is 0 Å². The number of hydrogen-bond acceptors (Lipinski definition) is 3. The largest absolute Gasteiger partial charge is 0.494 e. The molecule has 106 valence electrons. The molecule has 0 aliphatic carbocycles. The first kappa shape index (κ1) is 14.3. The van der Waals surface area contributed by atoms with Crippen molar-refractivity contribution in [2.45, 2.75) is 20.4 Å². The van der Waals surface area contributed by atoms with Crippen LogP contribution < -0.4 is 15.4 Å². The summed E-state index contributed by atoms with van der Waals surface area (Å²) in [5, 5.41) is 0. The van der Waals surface area contributed by atoms with E-state index in [1.54, 1.807) is 0 Å². The van der Waals surface area contributed by atoms with E-state index in [1.807, 2.05) is 25.1 Å². The molecule has 0 unspecified atom stereocenters. The summed E-state index contributed by atoms with van der Waals surface area (Å²) in [6.45, 7) is 5.55. The SMILES string of the molecule is CCOc1cc(N)cc(N(C)Cc2ccc(C)cc2)c1. The lowest BCUT2D eigenvalue weighted by molar-refractivity contribution is 0.340. The van der Waals surface area contributed by atoms with Crippen LogP contribution in [-0.4, -0.2) is 13.7 Å². The molecule has 0 atom stereocenters. The normalized spacial score (nSPS) is 10.3. The lowest BCUT2D eigenvalue weighted by Gasteiger charge is -2.21. The first-order valence-electron chi connectivity index (χ1n) is 6.88. The Labute approximate surface area is 121 Å². The highest BCUT2D eigenvalue weighted by atomic mass is 16.5. The number of nitrogens with zero attached hydrogens (tertiary/aromatic N) is 1. The second-order valence-electron chi connectivity index (χ2n) is 5.03. The Kier molecular flexibility index (Phi) is 4.51. The summed E-state index contributed by atoms with van der Waals surface area (Å²) >= 11 is 0. The summed E-state index contributed by atoms with van der Waals surface area (Å²) in [7, 11) is 2.06. The predicted molar refractivity (Wildman–Crippen MR) is 85.3 cm³/mol. The zero-order valence-electron chi connectivity index (χ0n) is 12.4. The van der Waals surface area contributed by atoms with Crippen LogP contribution in [0.25, 0.3) is 0 Å². The Morgan fingerprint density at radius 1 is 1.10 bits per heavy atom. The van der Waals surface area contributed by atoms with Gasteiger partial charge in [0.15, 0.2) is 0 Å². The number of rotatable bonds is 5. The van der Waals surface area contributed by atoms with E-state index in [2.05, 4.69) is 43.1 Å². The van der Waals surface area contributed by atoms with E-state index in [-0.39, 0.29) is 0 Å². The first-order valence-corrected chi connectivity index (χ1v) is 6.88. The quantitative estimate of drug-likeness (QED) is 0.843. The highest BCUT2D eigenvalue weighted by molar-refractivity contribution is 5.60. The fourth-order valence-corrected chi connectivity index (χ4v) is 2.13. The Bertz CT molecular complexity index is 564. The van der Waals surface area contributed by atoms with E-state index in [1.165, 1.54) is 11.1 Å². The van der Waals surface area contributed by atoms with Gasteiger partial charge in [-0.15, -0.1) is 0 Å². The van der Waals surface area contributed by atoms with Crippen LogP contribution in [0.3, 0.4) is 0 Å². The van der Waals surface area contributed by atoms with Gasteiger partial charge in [-0.05, 0) is 25.5 Å². The molecule has 2 aromatic rings. The molecule has 0 spiro atoms. The Hall–Kier alpha value is -2.16. The molecule has 0 aliphatic heterocycles. The summed E-state index contributed by atoms with van der Waals surface area (Å²) in [5.41, 5.74) is 10.3. The lowest BCUT2D eigenvalue weighted by Crippen LogP contribution is -2.16. The second kappa shape index (κ2) is 6.33. The fraction of sp³-hybridized carbons (Fsp3) is 0.294. The Morgan fingerprint density at radius 2 is 1.80 bits per heavy atom. The summed E-state index contributed by atoms with van der Waals surface area (Å²) in [6.07, 6.45) is 0. The molecule has 0 amide bonds. The van der Waals surface area contributed by atoms with Crippen molar-refractivity contribution in [2.24, 2.45) is 0 Å². The molecular weight excluding hydrogens is 248 g/mol.